The van der Waals surface area contributed by atoms with Crippen molar-refractivity contribution in [2.24, 2.45) is 0 Å². The second-order valence-electron chi connectivity index (χ2n) is 7.20. The molecule has 0 aliphatic heterocycles. The summed E-state index contributed by atoms with van der Waals surface area (Å²) in [5.41, 5.74) is -2.22. The number of aromatic nitrogens is 6. The number of halogens is 6. The van der Waals surface area contributed by atoms with Crippen LogP contribution in [0.1, 0.15) is 11.1 Å². The molecule has 0 amide bonds. The second kappa shape index (κ2) is 8.35. The van der Waals surface area contributed by atoms with Gasteiger partial charge in [0, 0.05) is 26.5 Å². The molecule has 0 aliphatic rings. The summed E-state index contributed by atoms with van der Waals surface area (Å²) in [7, 11) is 3.06. The lowest BCUT2D eigenvalue weighted by Crippen LogP contribution is -2.16. The number of alkyl halides is 6. The molecule has 0 saturated carbocycles. The van der Waals surface area contributed by atoms with Gasteiger partial charge in [0.25, 0.3) is 0 Å². The van der Waals surface area contributed by atoms with E-state index in [0.717, 1.165) is 24.4 Å². The molecule has 176 valence electrons. The first kappa shape index (κ1) is 23.1. The van der Waals surface area contributed by atoms with Crippen LogP contribution in [0.2, 0.25) is 0 Å². The molecule has 14 heteroatoms. The summed E-state index contributed by atoms with van der Waals surface area (Å²) in [6, 6.07) is 4.32. The van der Waals surface area contributed by atoms with Crippen molar-refractivity contribution in [3.05, 3.63) is 54.0 Å². The zero-order chi connectivity index (χ0) is 24.7. The summed E-state index contributed by atoms with van der Waals surface area (Å²) in [5, 5.41) is 10.3. The normalized spacial score (nSPS) is 12.1. The Kier molecular flexibility index (Phi) is 5.67. The molecular formula is C20H14F6N8. The fraction of sp³-hybridized carbons (Fsp3) is 0.200. The van der Waals surface area contributed by atoms with Gasteiger partial charge < -0.3 is 10.2 Å². The van der Waals surface area contributed by atoms with E-state index in [9.17, 15) is 26.3 Å². The Morgan fingerprint density at radius 3 is 2.24 bits per heavy atom. The van der Waals surface area contributed by atoms with Crippen LogP contribution in [0, 0.1) is 0 Å². The van der Waals surface area contributed by atoms with E-state index in [-0.39, 0.29) is 28.5 Å². The number of hydrogen-bond acceptors (Lipinski definition) is 8. The zero-order valence-corrected chi connectivity index (χ0v) is 17.4. The fourth-order valence-electron chi connectivity index (χ4n) is 2.91. The average Bonchev–Trinajstić information content (AvgIpc) is 2.77. The van der Waals surface area contributed by atoms with Crippen molar-refractivity contribution >= 4 is 28.5 Å². The third-order valence-electron chi connectivity index (χ3n) is 4.59. The predicted octanol–water partition coefficient (Wildman–Crippen LogP) is 4.72. The molecule has 0 unspecified atom stereocenters. The minimum atomic E-state index is -4.72. The Morgan fingerprint density at radius 2 is 1.62 bits per heavy atom. The Hall–Kier alpha value is -4.10. The molecule has 0 spiro atoms. The average molecular weight is 480 g/mol. The highest BCUT2D eigenvalue weighted by molar-refractivity contribution is 5.87. The Balaban J connectivity index is 1.72. The van der Waals surface area contributed by atoms with Crippen LogP contribution in [-0.4, -0.2) is 44.2 Å². The third-order valence-corrected chi connectivity index (χ3v) is 4.59. The number of fused-ring (bicyclic) bond motifs is 1. The van der Waals surface area contributed by atoms with E-state index in [0.29, 0.717) is 11.9 Å². The molecule has 0 fully saturated rings. The number of anilines is 3. The quantitative estimate of drug-likeness (QED) is 0.420. The second-order valence-corrected chi connectivity index (χ2v) is 7.20. The van der Waals surface area contributed by atoms with E-state index in [1.807, 2.05) is 0 Å². The van der Waals surface area contributed by atoms with Crippen LogP contribution in [0.3, 0.4) is 0 Å². The fourth-order valence-corrected chi connectivity index (χ4v) is 2.91. The molecule has 1 N–H and O–H groups in total. The van der Waals surface area contributed by atoms with Gasteiger partial charge >= 0.3 is 12.4 Å². The number of nitrogens with zero attached hydrogens (tertiary/aromatic N) is 7. The number of rotatable bonds is 4. The van der Waals surface area contributed by atoms with E-state index in [2.05, 4.69) is 35.5 Å². The van der Waals surface area contributed by atoms with E-state index < -0.39 is 29.2 Å². The number of pyridine rings is 2. The molecule has 4 aromatic rings. The van der Waals surface area contributed by atoms with E-state index >= 15 is 0 Å². The van der Waals surface area contributed by atoms with Crippen LogP contribution >= 0.6 is 0 Å². The minimum absolute atomic E-state index is 0.0125. The Bertz CT molecular complexity index is 1340. The van der Waals surface area contributed by atoms with E-state index in [1.54, 1.807) is 0 Å². The van der Waals surface area contributed by atoms with Gasteiger partial charge in [-0.1, -0.05) is 0 Å². The largest absolute Gasteiger partial charge is 0.418 e. The zero-order valence-electron chi connectivity index (χ0n) is 17.4. The minimum Gasteiger partial charge on any atom is -0.361 e. The van der Waals surface area contributed by atoms with Crippen molar-refractivity contribution in [2.45, 2.75) is 12.4 Å². The molecule has 0 saturated heterocycles. The monoisotopic (exact) mass is 480 g/mol. The molecule has 0 aromatic carbocycles. The van der Waals surface area contributed by atoms with E-state index in [4.69, 9.17) is 0 Å². The van der Waals surface area contributed by atoms with Crippen LogP contribution in [-0.2, 0) is 12.4 Å². The standard InChI is InChI=1S/C20H14F6N8/c1-34(2)15-7-11(20(24,25)26)16(33-32-15)13-9-29-17-12(5-6-27-18(17)31-13)30-14-4-3-10(8-28-14)19(21,22)23/h3-9H,1-2H3,(H,27,28,30,31). The Labute approximate surface area is 187 Å². The number of hydrogen-bond donors (Lipinski definition) is 1. The van der Waals surface area contributed by atoms with Gasteiger partial charge in [0.15, 0.2) is 11.5 Å². The molecule has 4 aromatic heterocycles. The van der Waals surface area contributed by atoms with Gasteiger partial charge in [0.05, 0.1) is 23.0 Å². The molecule has 34 heavy (non-hydrogen) atoms. The topological polar surface area (TPSA) is 92.6 Å². The van der Waals surface area contributed by atoms with Gasteiger partial charge in [0.1, 0.15) is 22.7 Å². The van der Waals surface area contributed by atoms with Crippen LogP contribution in [0.5, 0.6) is 0 Å². The first-order valence-corrected chi connectivity index (χ1v) is 9.48. The first-order valence-electron chi connectivity index (χ1n) is 9.48. The maximum absolute atomic E-state index is 13.7. The molecule has 4 heterocycles. The maximum atomic E-state index is 13.7. The van der Waals surface area contributed by atoms with Crippen molar-refractivity contribution in [1.29, 1.82) is 0 Å². The molecule has 4 rings (SSSR count). The first-order chi connectivity index (χ1) is 15.9. The van der Waals surface area contributed by atoms with Gasteiger partial charge in [-0.15, -0.1) is 10.2 Å². The van der Waals surface area contributed by atoms with Crippen LogP contribution in [0.15, 0.2) is 42.9 Å². The van der Waals surface area contributed by atoms with Gasteiger partial charge in [-0.25, -0.2) is 19.9 Å². The molecule has 0 aliphatic carbocycles. The highest BCUT2D eigenvalue weighted by Gasteiger charge is 2.36. The summed E-state index contributed by atoms with van der Waals surface area (Å²) in [6.07, 6.45) is -6.18. The highest BCUT2D eigenvalue weighted by atomic mass is 19.4. The van der Waals surface area contributed by atoms with Crippen molar-refractivity contribution in [2.75, 3.05) is 24.3 Å². The summed E-state index contributed by atoms with van der Waals surface area (Å²) in [6.45, 7) is 0. The summed E-state index contributed by atoms with van der Waals surface area (Å²) in [4.78, 5) is 17.4. The third kappa shape index (κ3) is 4.65. The molecule has 8 nitrogen and oxygen atoms in total. The van der Waals surface area contributed by atoms with Gasteiger partial charge in [-0.05, 0) is 24.3 Å². The summed E-state index contributed by atoms with van der Waals surface area (Å²) < 4.78 is 79.2. The van der Waals surface area contributed by atoms with Crippen LogP contribution in [0.4, 0.5) is 43.7 Å². The maximum Gasteiger partial charge on any atom is 0.418 e. The summed E-state index contributed by atoms with van der Waals surface area (Å²) in [5.74, 6) is 0.106. The molecule has 0 radical (unpaired) electrons. The van der Waals surface area contributed by atoms with Gasteiger partial charge in [0.2, 0.25) is 0 Å². The van der Waals surface area contributed by atoms with Crippen molar-refractivity contribution in [3.8, 4) is 11.4 Å². The number of nitrogens with one attached hydrogen (secondary N) is 1. The molecular weight excluding hydrogens is 466 g/mol. The lowest BCUT2D eigenvalue weighted by Gasteiger charge is -2.16. The Morgan fingerprint density at radius 1 is 0.853 bits per heavy atom. The van der Waals surface area contributed by atoms with Crippen molar-refractivity contribution in [3.63, 3.8) is 0 Å². The van der Waals surface area contributed by atoms with Gasteiger partial charge in [-0.2, -0.15) is 26.3 Å². The lowest BCUT2D eigenvalue weighted by molar-refractivity contribution is -0.138. The molecule has 0 atom stereocenters. The van der Waals surface area contributed by atoms with Crippen molar-refractivity contribution in [1.82, 2.24) is 30.1 Å². The van der Waals surface area contributed by atoms with E-state index in [1.165, 1.54) is 31.3 Å². The van der Waals surface area contributed by atoms with Crippen molar-refractivity contribution < 1.29 is 26.3 Å². The lowest BCUT2D eigenvalue weighted by atomic mass is 10.1. The smallest absolute Gasteiger partial charge is 0.361 e. The molecule has 0 bridgehead atoms. The van der Waals surface area contributed by atoms with Gasteiger partial charge in [-0.3, -0.25) is 0 Å². The highest BCUT2D eigenvalue weighted by Crippen LogP contribution is 2.37. The SMILES string of the molecule is CN(C)c1cc(C(F)(F)F)c(-c2cnc3c(Nc4ccc(C(F)(F)F)cn4)ccnc3n2)nn1. The van der Waals surface area contributed by atoms with Crippen LogP contribution in [0.25, 0.3) is 22.6 Å². The van der Waals surface area contributed by atoms with Crippen LogP contribution < -0.4 is 10.2 Å². The predicted molar refractivity (Wildman–Crippen MR) is 110 cm³/mol. The summed E-state index contributed by atoms with van der Waals surface area (Å²) >= 11 is 0.